The minimum atomic E-state index is -0.0615. The summed E-state index contributed by atoms with van der Waals surface area (Å²) in [5.74, 6) is -0.0615. The van der Waals surface area contributed by atoms with Crippen LogP contribution in [0.5, 0.6) is 0 Å². The smallest absolute Gasteiger partial charge is 0.253 e. The van der Waals surface area contributed by atoms with E-state index in [-0.39, 0.29) is 5.91 Å². The molecule has 0 aliphatic carbocycles. The lowest BCUT2D eigenvalue weighted by atomic mass is 10.1. The summed E-state index contributed by atoms with van der Waals surface area (Å²) in [6.07, 6.45) is 0. The maximum atomic E-state index is 12.0. The molecule has 0 bridgehead atoms. The molecular formula is C14H21N3OS. The average molecular weight is 279 g/mol. The zero-order valence-electron chi connectivity index (χ0n) is 11.6. The first-order chi connectivity index (χ1) is 9.01. The molecule has 2 rings (SSSR count). The molecule has 0 saturated carbocycles. The lowest BCUT2D eigenvalue weighted by molar-refractivity contribution is 0.0963. The quantitative estimate of drug-likeness (QED) is 0.813. The van der Waals surface area contributed by atoms with Crippen LogP contribution >= 0.6 is 11.8 Å². The fourth-order valence-electron chi connectivity index (χ4n) is 2.51. The van der Waals surface area contributed by atoms with Crippen LogP contribution in [-0.4, -0.2) is 36.5 Å². The number of carbonyl (C=O) groups is 1. The van der Waals surface area contributed by atoms with E-state index in [1.165, 1.54) is 0 Å². The van der Waals surface area contributed by atoms with Crippen LogP contribution < -0.4 is 16.0 Å². The van der Waals surface area contributed by atoms with Gasteiger partial charge in [-0.25, -0.2) is 0 Å². The van der Waals surface area contributed by atoms with Gasteiger partial charge in [0.1, 0.15) is 0 Å². The molecule has 2 unspecified atom stereocenters. The average Bonchev–Trinajstić information content (AvgIpc) is 2.36. The Bertz CT molecular complexity index is 468. The number of anilines is 2. The van der Waals surface area contributed by atoms with Gasteiger partial charge in [-0.1, -0.05) is 13.8 Å². The van der Waals surface area contributed by atoms with Gasteiger partial charge in [-0.15, -0.1) is 0 Å². The van der Waals surface area contributed by atoms with Gasteiger partial charge in [-0.3, -0.25) is 4.79 Å². The predicted octanol–water partition coefficient (Wildman–Crippen LogP) is 1.96. The second-order valence-corrected chi connectivity index (χ2v) is 6.90. The summed E-state index contributed by atoms with van der Waals surface area (Å²) in [5, 5.41) is 3.81. The molecule has 104 valence electrons. The van der Waals surface area contributed by atoms with Crippen molar-refractivity contribution in [1.82, 2.24) is 5.32 Å². The summed E-state index contributed by atoms with van der Waals surface area (Å²) in [6, 6.07) is 5.49. The molecule has 1 aliphatic heterocycles. The highest BCUT2D eigenvalue weighted by molar-refractivity contribution is 8.00. The first-order valence-corrected chi connectivity index (χ1v) is 7.47. The van der Waals surface area contributed by atoms with Crippen LogP contribution in [0.3, 0.4) is 0 Å². The number of nitrogens with two attached hydrogens (primary N) is 1. The molecule has 1 saturated heterocycles. The van der Waals surface area contributed by atoms with E-state index < -0.39 is 0 Å². The van der Waals surface area contributed by atoms with Gasteiger partial charge in [-0.2, -0.15) is 11.8 Å². The Kier molecular flexibility index (Phi) is 4.24. The number of thioether (sulfide) groups is 1. The number of carbonyl (C=O) groups excluding carboxylic acids is 1. The van der Waals surface area contributed by atoms with Crippen LogP contribution in [0.4, 0.5) is 11.4 Å². The van der Waals surface area contributed by atoms with Crippen LogP contribution in [0.25, 0.3) is 0 Å². The van der Waals surface area contributed by atoms with Crippen LogP contribution in [0.1, 0.15) is 24.2 Å². The van der Waals surface area contributed by atoms with Gasteiger partial charge in [0.15, 0.2) is 0 Å². The van der Waals surface area contributed by atoms with Crippen LogP contribution in [0.15, 0.2) is 18.2 Å². The van der Waals surface area contributed by atoms with Gasteiger partial charge < -0.3 is 16.0 Å². The van der Waals surface area contributed by atoms with Gasteiger partial charge in [0.25, 0.3) is 5.91 Å². The summed E-state index contributed by atoms with van der Waals surface area (Å²) >= 11 is 1.99. The van der Waals surface area contributed by atoms with Gasteiger partial charge in [0.05, 0.1) is 11.3 Å². The summed E-state index contributed by atoms with van der Waals surface area (Å²) in [4.78, 5) is 14.2. The maximum absolute atomic E-state index is 12.0. The van der Waals surface area contributed by atoms with E-state index >= 15 is 0 Å². The summed E-state index contributed by atoms with van der Waals surface area (Å²) in [6.45, 7) is 6.34. The van der Waals surface area contributed by atoms with E-state index in [1.54, 1.807) is 19.2 Å². The van der Waals surface area contributed by atoms with Crippen molar-refractivity contribution in [3.05, 3.63) is 23.8 Å². The minimum Gasteiger partial charge on any atom is -0.399 e. The van der Waals surface area contributed by atoms with Gasteiger partial charge in [-0.05, 0) is 18.2 Å². The third-order valence-corrected chi connectivity index (χ3v) is 4.48. The number of hydrogen-bond donors (Lipinski definition) is 2. The molecule has 2 atom stereocenters. The third-order valence-electron chi connectivity index (χ3n) is 3.25. The highest BCUT2D eigenvalue weighted by Crippen LogP contribution is 2.31. The van der Waals surface area contributed by atoms with Gasteiger partial charge in [0, 0.05) is 36.3 Å². The molecule has 1 aliphatic rings. The van der Waals surface area contributed by atoms with Crippen molar-refractivity contribution in [3.63, 3.8) is 0 Å². The fraction of sp³-hybridized carbons (Fsp3) is 0.500. The maximum Gasteiger partial charge on any atom is 0.253 e. The first-order valence-electron chi connectivity index (χ1n) is 6.53. The number of rotatable bonds is 2. The van der Waals surface area contributed by atoms with Gasteiger partial charge >= 0.3 is 0 Å². The molecule has 1 fully saturated rings. The van der Waals surface area contributed by atoms with Crippen molar-refractivity contribution in [3.8, 4) is 0 Å². The molecular weight excluding hydrogens is 258 g/mol. The highest BCUT2D eigenvalue weighted by Gasteiger charge is 2.25. The number of nitrogens with zero attached hydrogens (tertiary/aromatic N) is 1. The zero-order valence-corrected chi connectivity index (χ0v) is 12.5. The van der Waals surface area contributed by atoms with Crippen molar-refractivity contribution in [1.29, 1.82) is 0 Å². The third kappa shape index (κ3) is 3.15. The standard InChI is InChI=1S/C14H21N3OS/c1-9-7-17(8-10(2)19-9)13-6-11(15)4-5-12(13)14(18)16-3/h4-6,9-10H,7-8,15H2,1-3H3,(H,16,18). The Labute approximate surface area is 118 Å². The molecule has 1 aromatic rings. The number of nitrogen functional groups attached to an aromatic ring is 1. The summed E-state index contributed by atoms with van der Waals surface area (Å²) < 4.78 is 0. The molecule has 19 heavy (non-hydrogen) atoms. The fourth-order valence-corrected chi connectivity index (χ4v) is 3.84. The molecule has 1 aromatic carbocycles. The Hall–Kier alpha value is -1.36. The number of amides is 1. The number of benzene rings is 1. The molecule has 4 nitrogen and oxygen atoms in total. The van der Waals surface area contributed by atoms with Crippen LogP contribution in [0.2, 0.25) is 0 Å². The zero-order chi connectivity index (χ0) is 14.0. The molecule has 0 aromatic heterocycles. The Morgan fingerprint density at radius 3 is 2.58 bits per heavy atom. The van der Waals surface area contributed by atoms with Crippen molar-refractivity contribution in [2.45, 2.75) is 24.3 Å². The number of hydrogen-bond acceptors (Lipinski definition) is 4. The van der Waals surface area contributed by atoms with Crippen LogP contribution in [-0.2, 0) is 0 Å². The van der Waals surface area contributed by atoms with Gasteiger partial charge in [0.2, 0.25) is 0 Å². The minimum absolute atomic E-state index is 0.0615. The molecule has 5 heteroatoms. The molecule has 0 spiro atoms. The van der Waals surface area contributed by atoms with E-state index in [2.05, 4.69) is 24.1 Å². The van der Waals surface area contributed by atoms with Crippen LogP contribution in [0, 0.1) is 0 Å². The predicted molar refractivity (Wildman–Crippen MR) is 83.0 cm³/mol. The van der Waals surface area contributed by atoms with Crippen molar-refractivity contribution in [2.24, 2.45) is 0 Å². The SMILES string of the molecule is CNC(=O)c1ccc(N)cc1N1CC(C)SC(C)C1. The first kappa shape index (κ1) is 14.1. The normalized spacial score (nSPS) is 23.2. The lowest BCUT2D eigenvalue weighted by Crippen LogP contribution is -2.41. The summed E-state index contributed by atoms with van der Waals surface area (Å²) in [7, 11) is 1.65. The topological polar surface area (TPSA) is 58.4 Å². The molecule has 1 amide bonds. The van der Waals surface area contributed by atoms with Crippen molar-refractivity contribution < 1.29 is 4.79 Å². The second kappa shape index (κ2) is 5.74. The molecule has 3 N–H and O–H groups in total. The molecule has 1 heterocycles. The Morgan fingerprint density at radius 2 is 2.00 bits per heavy atom. The van der Waals surface area contributed by atoms with E-state index in [9.17, 15) is 4.79 Å². The monoisotopic (exact) mass is 279 g/mol. The van der Waals surface area contributed by atoms with E-state index in [0.717, 1.165) is 18.8 Å². The lowest BCUT2D eigenvalue weighted by Gasteiger charge is -2.37. The Balaban J connectivity index is 2.36. The van der Waals surface area contributed by atoms with E-state index in [4.69, 9.17) is 5.73 Å². The largest absolute Gasteiger partial charge is 0.399 e. The highest BCUT2D eigenvalue weighted by atomic mass is 32.2. The van der Waals surface area contributed by atoms with E-state index in [0.29, 0.717) is 21.8 Å². The summed E-state index contributed by atoms with van der Waals surface area (Å²) in [5.41, 5.74) is 8.22. The Morgan fingerprint density at radius 1 is 1.37 bits per heavy atom. The molecule has 0 radical (unpaired) electrons. The van der Waals surface area contributed by atoms with E-state index in [1.807, 2.05) is 17.8 Å². The van der Waals surface area contributed by atoms with Crippen molar-refractivity contribution >= 4 is 29.0 Å². The number of nitrogens with one attached hydrogen (secondary N) is 1. The second-order valence-electron chi connectivity index (χ2n) is 5.02. The van der Waals surface area contributed by atoms with Crippen molar-refractivity contribution in [2.75, 3.05) is 30.8 Å².